The maximum atomic E-state index is 5.48. The van der Waals surface area contributed by atoms with Gasteiger partial charge < -0.3 is 5.73 Å². The summed E-state index contributed by atoms with van der Waals surface area (Å²) in [6.45, 7) is 5.53. The van der Waals surface area contributed by atoms with Gasteiger partial charge in [0.25, 0.3) is 0 Å². The van der Waals surface area contributed by atoms with Crippen LogP contribution in [0.4, 0.5) is 0 Å². The fourth-order valence-electron chi connectivity index (χ4n) is 2.64. The molecule has 0 unspecified atom stereocenters. The van der Waals surface area contributed by atoms with E-state index in [2.05, 4.69) is 13.8 Å². The number of unbranched alkanes of at least 4 members (excludes halogenated alkanes) is 12. The van der Waals surface area contributed by atoms with Gasteiger partial charge in [-0.1, -0.05) is 97.3 Å². The molecule has 0 atom stereocenters. The molecule has 0 saturated heterocycles. The van der Waals surface area contributed by atoms with Crippen molar-refractivity contribution >= 4 is 17.0 Å². The van der Waals surface area contributed by atoms with Gasteiger partial charge in [0.05, 0.1) is 0 Å². The second-order valence-corrected chi connectivity index (χ2v) is 6.57. The number of nitrogens with two attached hydrogens (primary N) is 1. The largest absolute Gasteiger partial charge is 0.330 e. The SMILES string of the molecule is Br.CC(C)CCCCCCCCCCCCCCCN. The smallest absolute Gasteiger partial charge is 0.00773 e. The Morgan fingerprint density at radius 3 is 1.15 bits per heavy atom. The fourth-order valence-corrected chi connectivity index (χ4v) is 2.64. The molecule has 0 aromatic carbocycles. The molecule has 0 aliphatic carbocycles. The molecule has 0 radical (unpaired) electrons. The summed E-state index contributed by atoms with van der Waals surface area (Å²) >= 11 is 0. The third kappa shape index (κ3) is 20.8. The van der Waals surface area contributed by atoms with Gasteiger partial charge >= 0.3 is 0 Å². The average molecular weight is 350 g/mol. The van der Waals surface area contributed by atoms with E-state index in [0.717, 1.165) is 12.5 Å². The van der Waals surface area contributed by atoms with Gasteiger partial charge in [-0.2, -0.15) is 0 Å². The minimum Gasteiger partial charge on any atom is -0.330 e. The summed E-state index contributed by atoms with van der Waals surface area (Å²) in [5, 5.41) is 0. The molecular formula is C18H40BrN. The van der Waals surface area contributed by atoms with Crippen LogP contribution in [0, 0.1) is 5.92 Å². The Hall–Kier alpha value is 0.440. The quantitative estimate of drug-likeness (QED) is 0.329. The first kappa shape index (κ1) is 22.7. The molecular weight excluding hydrogens is 310 g/mol. The normalized spacial score (nSPS) is 10.8. The Kier molecular flexibility index (Phi) is 22.1. The van der Waals surface area contributed by atoms with Crippen LogP contribution in [0.5, 0.6) is 0 Å². The topological polar surface area (TPSA) is 26.0 Å². The van der Waals surface area contributed by atoms with Crippen molar-refractivity contribution in [2.24, 2.45) is 11.7 Å². The van der Waals surface area contributed by atoms with Gasteiger partial charge in [-0.3, -0.25) is 0 Å². The van der Waals surface area contributed by atoms with E-state index in [1.807, 2.05) is 0 Å². The highest BCUT2D eigenvalue weighted by Crippen LogP contribution is 2.14. The fraction of sp³-hybridized carbons (Fsp3) is 1.00. The first-order valence-electron chi connectivity index (χ1n) is 8.97. The van der Waals surface area contributed by atoms with Crippen LogP contribution >= 0.6 is 17.0 Å². The summed E-state index contributed by atoms with van der Waals surface area (Å²) in [6.07, 6.45) is 19.9. The Morgan fingerprint density at radius 1 is 0.550 bits per heavy atom. The Morgan fingerprint density at radius 2 is 0.850 bits per heavy atom. The molecule has 0 saturated carbocycles. The molecule has 0 bridgehead atoms. The lowest BCUT2D eigenvalue weighted by atomic mass is 10.0. The Labute approximate surface area is 139 Å². The first-order chi connectivity index (χ1) is 9.27. The van der Waals surface area contributed by atoms with Crippen LogP contribution in [0.3, 0.4) is 0 Å². The molecule has 1 nitrogen and oxygen atoms in total. The lowest BCUT2D eigenvalue weighted by molar-refractivity contribution is 0.503. The highest BCUT2D eigenvalue weighted by Gasteiger charge is 1.95. The zero-order valence-corrected chi connectivity index (χ0v) is 15.9. The predicted octanol–water partition coefficient (Wildman–Crippen LogP) is 6.64. The summed E-state index contributed by atoms with van der Waals surface area (Å²) in [4.78, 5) is 0. The van der Waals surface area contributed by atoms with E-state index in [4.69, 9.17) is 5.73 Å². The van der Waals surface area contributed by atoms with E-state index in [0.29, 0.717) is 0 Å². The van der Waals surface area contributed by atoms with Crippen LogP contribution in [-0.4, -0.2) is 6.54 Å². The van der Waals surface area contributed by atoms with Crippen molar-refractivity contribution in [2.45, 2.75) is 104 Å². The molecule has 20 heavy (non-hydrogen) atoms. The maximum Gasteiger partial charge on any atom is -0.00773 e. The number of hydrogen-bond donors (Lipinski definition) is 1. The summed E-state index contributed by atoms with van der Waals surface area (Å²) < 4.78 is 0. The Balaban J connectivity index is 0. The third-order valence-electron chi connectivity index (χ3n) is 3.99. The molecule has 0 heterocycles. The second-order valence-electron chi connectivity index (χ2n) is 6.57. The highest BCUT2D eigenvalue weighted by molar-refractivity contribution is 8.93. The van der Waals surface area contributed by atoms with Gasteiger partial charge in [-0.25, -0.2) is 0 Å². The molecule has 2 heteroatoms. The first-order valence-corrected chi connectivity index (χ1v) is 8.97. The van der Waals surface area contributed by atoms with E-state index < -0.39 is 0 Å². The molecule has 2 N–H and O–H groups in total. The summed E-state index contributed by atoms with van der Waals surface area (Å²) in [5.74, 6) is 0.893. The summed E-state index contributed by atoms with van der Waals surface area (Å²) in [5.41, 5.74) is 5.48. The van der Waals surface area contributed by atoms with Crippen molar-refractivity contribution in [1.29, 1.82) is 0 Å². The van der Waals surface area contributed by atoms with Gasteiger partial charge in [0.1, 0.15) is 0 Å². The molecule has 0 aromatic heterocycles. The molecule has 0 aromatic rings. The van der Waals surface area contributed by atoms with Gasteiger partial charge in [0, 0.05) is 0 Å². The molecule has 0 aliphatic rings. The van der Waals surface area contributed by atoms with Crippen LogP contribution in [-0.2, 0) is 0 Å². The van der Waals surface area contributed by atoms with E-state index >= 15 is 0 Å². The zero-order chi connectivity index (χ0) is 14.2. The highest BCUT2D eigenvalue weighted by atomic mass is 79.9. The van der Waals surface area contributed by atoms with Crippen molar-refractivity contribution in [3.05, 3.63) is 0 Å². The van der Waals surface area contributed by atoms with E-state index in [1.165, 1.54) is 89.9 Å². The molecule has 0 spiro atoms. The van der Waals surface area contributed by atoms with Crippen LogP contribution in [0.2, 0.25) is 0 Å². The van der Waals surface area contributed by atoms with Crippen molar-refractivity contribution in [1.82, 2.24) is 0 Å². The van der Waals surface area contributed by atoms with Crippen LogP contribution in [0.25, 0.3) is 0 Å². The summed E-state index contributed by atoms with van der Waals surface area (Å²) in [7, 11) is 0. The van der Waals surface area contributed by atoms with Gasteiger partial charge in [-0.15, -0.1) is 17.0 Å². The van der Waals surface area contributed by atoms with Crippen LogP contribution < -0.4 is 5.73 Å². The number of halogens is 1. The molecule has 124 valence electrons. The lowest BCUT2D eigenvalue weighted by Gasteiger charge is -2.04. The van der Waals surface area contributed by atoms with Gasteiger partial charge in [0.15, 0.2) is 0 Å². The van der Waals surface area contributed by atoms with Crippen molar-refractivity contribution in [3.8, 4) is 0 Å². The maximum absolute atomic E-state index is 5.48. The minimum absolute atomic E-state index is 0. The monoisotopic (exact) mass is 349 g/mol. The second kappa shape index (κ2) is 19.4. The van der Waals surface area contributed by atoms with Crippen molar-refractivity contribution in [2.75, 3.05) is 6.54 Å². The van der Waals surface area contributed by atoms with Crippen molar-refractivity contribution in [3.63, 3.8) is 0 Å². The number of hydrogen-bond acceptors (Lipinski definition) is 1. The minimum atomic E-state index is 0. The standard InChI is InChI=1S/C18H39N.BrH/c1-18(2)16-14-12-10-8-6-4-3-5-7-9-11-13-15-17-19;/h18H,3-17,19H2,1-2H3;1H. The predicted molar refractivity (Wildman–Crippen MR) is 98.9 cm³/mol. The third-order valence-corrected chi connectivity index (χ3v) is 3.99. The molecule has 0 fully saturated rings. The van der Waals surface area contributed by atoms with Crippen LogP contribution in [0.1, 0.15) is 104 Å². The zero-order valence-electron chi connectivity index (χ0n) is 14.2. The summed E-state index contributed by atoms with van der Waals surface area (Å²) in [6, 6.07) is 0. The van der Waals surface area contributed by atoms with Crippen LogP contribution in [0.15, 0.2) is 0 Å². The molecule has 0 amide bonds. The van der Waals surface area contributed by atoms with E-state index in [1.54, 1.807) is 0 Å². The average Bonchev–Trinajstić information content (AvgIpc) is 2.39. The number of rotatable bonds is 15. The van der Waals surface area contributed by atoms with Gasteiger partial charge in [-0.05, 0) is 18.9 Å². The van der Waals surface area contributed by atoms with E-state index in [-0.39, 0.29) is 17.0 Å². The Bertz CT molecular complexity index is 159. The molecule has 0 aliphatic heterocycles. The molecule has 0 rings (SSSR count). The lowest BCUT2D eigenvalue weighted by Crippen LogP contribution is -1.97. The van der Waals surface area contributed by atoms with Gasteiger partial charge in [0.2, 0.25) is 0 Å². The van der Waals surface area contributed by atoms with E-state index in [9.17, 15) is 0 Å². The van der Waals surface area contributed by atoms with Crippen molar-refractivity contribution < 1.29 is 0 Å².